The molecule has 10 nitrogen and oxygen atoms in total. The van der Waals surface area contributed by atoms with E-state index in [1.54, 1.807) is 12.4 Å². The molecule has 2 aliphatic heterocycles. The van der Waals surface area contributed by atoms with Crippen LogP contribution in [0.15, 0.2) is 48.9 Å². The van der Waals surface area contributed by atoms with E-state index in [0.29, 0.717) is 41.1 Å². The van der Waals surface area contributed by atoms with Crippen LogP contribution in [0.4, 0.5) is 4.79 Å². The second-order valence-corrected chi connectivity index (χ2v) is 14.5. The third-order valence-corrected chi connectivity index (χ3v) is 9.88. The number of fused-ring (bicyclic) bond motifs is 1. The average molecular weight is 680 g/mol. The van der Waals surface area contributed by atoms with Crippen LogP contribution >= 0.6 is 23.2 Å². The Morgan fingerprint density at radius 2 is 1.94 bits per heavy atom. The van der Waals surface area contributed by atoms with Crippen LogP contribution < -0.4 is 10.1 Å². The molecule has 1 saturated carbocycles. The number of nitrogens with zero attached hydrogens (tertiary/aromatic N) is 5. The minimum absolute atomic E-state index is 0.120. The third kappa shape index (κ3) is 6.28. The second kappa shape index (κ2) is 12.5. The molecule has 2 saturated heterocycles. The number of pyridine rings is 2. The maximum Gasteiger partial charge on any atom is 0.410 e. The number of hydrogen-bond acceptors (Lipinski definition) is 8. The molecule has 1 aromatic carbocycles. The summed E-state index contributed by atoms with van der Waals surface area (Å²) in [6.45, 7) is 10.4. The normalized spacial score (nSPS) is 23.6. The van der Waals surface area contributed by atoms with Crippen molar-refractivity contribution in [3.63, 3.8) is 0 Å². The van der Waals surface area contributed by atoms with Crippen molar-refractivity contribution >= 4 is 40.2 Å². The molecular formula is C35H40Cl2N6O4. The van der Waals surface area contributed by atoms with Crippen molar-refractivity contribution < 1.29 is 19.0 Å². The Hall–Kier alpha value is -3.44. The maximum atomic E-state index is 13.2. The van der Waals surface area contributed by atoms with Gasteiger partial charge in [-0.2, -0.15) is 5.10 Å². The van der Waals surface area contributed by atoms with E-state index in [0.717, 1.165) is 60.1 Å². The summed E-state index contributed by atoms with van der Waals surface area (Å²) in [4.78, 5) is 24.1. The molecule has 5 heterocycles. The Morgan fingerprint density at radius 1 is 1.13 bits per heavy atom. The molecule has 1 N–H and O–H groups in total. The zero-order valence-electron chi connectivity index (χ0n) is 27.1. The number of halogens is 2. The molecule has 0 bridgehead atoms. The number of nitrogens with one attached hydrogen (secondary N) is 1. The number of carbonyl (C=O) groups excluding carboxylic acids is 1. The predicted octanol–water partition coefficient (Wildman–Crippen LogP) is 7.71. The molecule has 1 spiro atoms. The molecule has 0 radical (unpaired) electrons. The SMILES string of the molecule is C[C@@H](Oc1ccc2c(c1)c(-c1ccc(C3CC34CNCCN4C(=O)OC(C)(C)C)nc1)nn2C1CCCCO1)c1c(Cl)cncc1Cl. The Bertz CT molecular complexity index is 1770. The van der Waals surface area contributed by atoms with E-state index < -0.39 is 11.7 Å². The van der Waals surface area contributed by atoms with E-state index in [2.05, 4.69) is 22.4 Å². The van der Waals surface area contributed by atoms with Gasteiger partial charge in [-0.25, -0.2) is 9.48 Å². The van der Waals surface area contributed by atoms with Crippen LogP contribution in [0.3, 0.4) is 0 Å². The van der Waals surface area contributed by atoms with Gasteiger partial charge in [-0.15, -0.1) is 0 Å². The van der Waals surface area contributed by atoms with Crippen LogP contribution in [0.1, 0.15) is 82.9 Å². The molecule has 4 atom stereocenters. The summed E-state index contributed by atoms with van der Waals surface area (Å²) in [5, 5.41) is 10.4. The van der Waals surface area contributed by atoms with E-state index in [-0.39, 0.29) is 23.8 Å². The van der Waals surface area contributed by atoms with Gasteiger partial charge >= 0.3 is 6.09 Å². The van der Waals surface area contributed by atoms with Gasteiger partial charge in [-0.3, -0.25) is 14.9 Å². The van der Waals surface area contributed by atoms with Crippen molar-refractivity contribution in [2.45, 2.75) is 82.8 Å². The summed E-state index contributed by atoms with van der Waals surface area (Å²) >= 11 is 12.9. The van der Waals surface area contributed by atoms with Crippen molar-refractivity contribution in [3.8, 4) is 17.0 Å². The van der Waals surface area contributed by atoms with Crippen molar-refractivity contribution in [2.75, 3.05) is 26.2 Å². The summed E-state index contributed by atoms with van der Waals surface area (Å²) in [6, 6.07) is 10.1. The Labute approximate surface area is 284 Å². The number of rotatable bonds is 6. The monoisotopic (exact) mass is 678 g/mol. The van der Waals surface area contributed by atoms with E-state index >= 15 is 0 Å². The molecule has 3 unspecified atom stereocenters. The first kappa shape index (κ1) is 32.1. The number of ether oxygens (including phenoxy) is 3. The smallest absolute Gasteiger partial charge is 0.410 e. The van der Waals surface area contributed by atoms with Crippen LogP contribution in [0.5, 0.6) is 5.75 Å². The zero-order chi connectivity index (χ0) is 32.9. The van der Waals surface area contributed by atoms with Gasteiger partial charge in [-0.05, 0) is 83.7 Å². The van der Waals surface area contributed by atoms with Crippen LogP contribution in [0.25, 0.3) is 22.2 Å². The van der Waals surface area contributed by atoms with Crippen LogP contribution in [-0.2, 0) is 9.47 Å². The lowest BCUT2D eigenvalue weighted by atomic mass is 10.0. The van der Waals surface area contributed by atoms with Gasteiger partial charge in [0.2, 0.25) is 0 Å². The highest BCUT2D eigenvalue weighted by atomic mass is 35.5. The standard InChI is InChI=1S/C35H40Cl2N6O4/c1-21(31-26(36)18-39-19-27(31)37)46-23-9-11-29-24(15-23)32(41-43(29)30-7-5-6-14-45-30)22-8-10-28(40-17-22)25-16-35(25)20-38-12-13-42(35)33(44)47-34(2,3)4/h8-11,15,17-19,21,25,30,38H,5-7,12-14,16,20H2,1-4H3/t21-,25?,30?,35?/m1/s1. The number of aromatic nitrogens is 4. The lowest BCUT2D eigenvalue weighted by Crippen LogP contribution is -2.57. The average Bonchev–Trinajstić information content (AvgIpc) is 3.61. The van der Waals surface area contributed by atoms with Crippen molar-refractivity contribution in [1.82, 2.24) is 30.0 Å². The fourth-order valence-corrected chi connectivity index (χ4v) is 7.61. The first-order chi connectivity index (χ1) is 22.5. The minimum Gasteiger partial charge on any atom is -0.486 e. The first-order valence-corrected chi connectivity index (χ1v) is 17.1. The van der Waals surface area contributed by atoms with Crippen LogP contribution in [0.2, 0.25) is 10.0 Å². The fraction of sp³-hybridized carbons (Fsp3) is 0.486. The molecule has 3 aliphatic rings. The minimum atomic E-state index is -0.551. The van der Waals surface area contributed by atoms with Gasteiger partial charge in [0.25, 0.3) is 0 Å². The van der Waals surface area contributed by atoms with E-state index in [1.807, 2.05) is 61.7 Å². The van der Waals surface area contributed by atoms with Crippen molar-refractivity contribution in [1.29, 1.82) is 0 Å². The lowest BCUT2D eigenvalue weighted by molar-refractivity contribution is -0.0365. The molecule has 1 amide bonds. The highest BCUT2D eigenvalue weighted by molar-refractivity contribution is 6.35. The molecule has 3 aromatic heterocycles. The zero-order valence-corrected chi connectivity index (χ0v) is 28.6. The molecule has 7 rings (SSSR count). The number of amides is 1. The molecule has 4 aromatic rings. The summed E-state index contributed by atoms with van der Waals surface area (Å²) < 4.78 is 20.3. The van der Waals surface area contributed by atoms with Crippen LogP contribution in [0, 0.1) is 0 Å². The lowest BCUT2D eigenvalue weighted by Gasteiger charge is -2.38. The summed E-state index contributed by atoms with van der Waals surface area (Å²) in [6.07, 6.45) is 8.08. The fourth-order valence-electron chi connectivity index (χ4n) is 6.94. The number of benzene rings is 1. The predicted molar refractivity (Wildman–Crippen MR) is 181 cm³/mol. The maximum absolute atomic E-state index is 13.2. The van der Waals surface area contributed by atoms with Gasteiger partial charge in [0.15, 0.2) is 6.23 Å². The Balaban J connectivity index is 1.19. The van der Waals surface area contributed by atoms with Gasteiger partial charge in [0.1, 0.15) is 23.1 Å². The first-order valence-electron chi connectivity index (χ1n) is 16.3. The highest BCUT2D eigenvalue weighted by Gasteiger charge is 2.62. The topological polar surface area (TPSA) is 104 Å². The van der Waals surface area contributed by atoms with E-state index in [1.165, 1.54) is 0 Å². The number of carbonyl (C=O) groups is 1. The molecule has 248 valence electrons. The van der Waals surface area contributed by atoms with E-state index in [4.69, 9.17) is 47.5 Å². The van der Waals surface area contributed by atoms with Crippen molar-refractivity contribution in [3.05, 3.63) is 70.2 Å². The van der Waals surface area contributed by atoms with E-state index in [9.17, 15) is 4.79 Å². The number of hydrogen-bond donors (Lipinski definition) is 1. The van der Waals surface area contributed by atoms with Crippen molar-refractivity contribution in [2.24, 2.45) is 0 Å². The summed E-state index contributed by atoms with van der Waals surface area (Å²) in [5.74, 6) is 0.783. The Morgan fingerprint density at radius 3 is 2.64 bits per heavy atom. The largest absolute Gasteiger partial charge is 0.486 e. The van der Waals surface area contributed by atoms with Gasteiger partial charge in [0.05, 0.1) is 21.1 Å². The summed E-state index contributed by atoms with van der Waals surface area (Å²) in [5.41, 5.74) is 3.40. The third-order valence-electron chi connectivity index (χ3n) is 9.27. The van der Waals surface area contributed by atoms with Gasteiger partial charge in [0, 0.05) is 73.0 Å². The van der Waals surface area contributed by atoms with Gasteiger partial charge < -0.3 is 19.5 Å². The molecule has 1 aliphatic carbocycles. The van der Waals surface area contributed by atoms with Gasteiger partial charge in [-0.1, -0.05) is 23.2 Å². The quantitative estimate of drug-likeness (QED) is 0.221. The molecule has 3 fully saturated rings. The van der Waals surface area contributed by atoms with Crippen LogP contribution in [-0.4, -0.2) is 68.1 Å². The second-order valence-electron chi connectivity index (χ2n) is 13.7. The molecular weight excluding hydrogens is 639 g/mol. The molecule has 47 heavy (non-hydrogen) atoms. The Kier molecular flexibility index (Phi) is 8.57. The molecule has 12 heteroatoms. The number of piperazine rings is 1. The summed E-state index contributed by atoms with van der Waals surface area (Å²) in [7, 11) is 0. The highest BCUT2D eigenvalue weighted by Crippen LogP contribution is 2.56.